The minimum Gasteiger partial charge on any atom is -0.480 e. The maximum absolute atomic E-state index is 11.1. The number of carboxylic acid groups (broad SMARTS) is 1. The summed E-state index contributed by atoms with van der Waals surface area (Å²) in [5.74, 6) is -1.18. The SMILES string of the molecule is CC(N)(C(=O)O)c1ccc2c(c1)CC(=O)N2. The van der Waals surface area contributed by atoms with Crippen molar-refractivity contribution in [3.05, 3.63) is 29.3 Å². The molecule has 0 aromatic heterocycles. The zero-order chi connectivity index (χ0) is 11.9. The molecular weight excluding hydrogens is 208 g/mol. The molecule has 0 fully saturated rings. The molecular formula is C11H12N2O3. The minimum absolute atomic E-state index is 0.0822. The molecule has 1 amide bonds. The third-order valence-corrected chi connectivity index (χ3v) is 2.77. The van der Waals surface area contributed by atoms with Crippen molar-refractivity contribution < 1.29 is 14.7 Å². The first kappa shape index (κ1) is 10.6. The summed E-state index contributed by atoms with van der Waals surface area (Å²) in [5.41, 5.74) is 6.29. The van der Waals surface area contributed by atoms with E-state index in [4.69, 9.17) is 10.8 Å². The number of nitrogens with one attached hydrogen (secondary N) is 1. The smallest absolute Gasteiger partial charge is 0.328 e. The summed E-state index contributed by atoms with van der Waals surface area (Å²) >= 11 is 0. The number of nitrogens with two attached hydrogens (primary N) is 1. The number of hydrogen-bond donors (Lipinski definition) is 3. The molecule has 84 valence electrons. The Hall–Kier alpha value is -1.88. The molecule has 0 radical (unpaired) electrons. The molecule has 0 aliphatic carbocycles. The Morgan fingerprint density at radius 1 is 1.56 bits per heavy atom. The monoisotopic (exact) mass is 220 g/mol. The van der Waals surface area contributed by atoms with Gasteiger partial charge in [-0.25, -0.2) is 4.79 Å². The van der Waals surface area contributed by atoms with Crippen LogP contribution in [0.3, 0.4) is 0 Å². The highest BCUT2D eigenvalue weighted by Gasteiger charge is 2.31. The number of carboxylic acids is 1. The fourth-order valence-corrected chi connectivity index (χ4v) is 1.68. The fraction of sp³-hybridized carbons (Fsp3) is 0.273. The largest absolute Gasteiger partial charge is 0.480 e. The van der Waals surface area contributed by atoms with E-state index in [0.717, 1.165) is 11.3 Å². The lowest BCUT2D eigenvalue weighted by atomic mass is 9.91. The Labute approximate surface area is 92.3 Å². The highest BCUT2D eigenvalue weighted by molar-refractivity contribution is 5.99. The van der Waals surface area contributed by atoms with Crippen molar-refractivity contribution in [1.29, 1.82) is 0 Å². The minimum atomic E-state index is -1.43. The van der Waals surface area contributed by atoms with Gasteiger partial charge in [0.2, 0.25) is 5.91 Å². The molecule has 1 aliphatic rings. The van der Waals surface area contributed by atoms with Crippen LogP contribution in [-0.4, -0.2) is 17.0 Å². The Morgan fingerprint density at radius 2 is 2.25 bits per heavy atom. The van der Waals surface area contributed by atoms with E-state index >= 15 is 0 Å². The summed E-state index contributed by atoms with van der Waals surface area (Å²) in [6.07, 6.45) is 0.277. The predicted octanol–water partition coefficient (Wildman–Crippen LogP) is 0.440. The molecule has 1 unspecified atom stereocenters. The molecule has 1 aliphatic heterocycles. The molecule has 2 rings (SSSR count). The standard InChI is InChI=1S/C11H12N2O3/c1-11(12,10(15)16)7-2-3-8-6(4-7)5-9(14)13-8/h2-4H,5,12H2,1H3,(H,13,14)(H,15,16). The van der Waals surface area contributed by atoms with Gasteiger partial charge >= 0.3 is 5.97 Å². The van der Waals surface area contributed by atoms with Crippen molar-refractivity contribution in [1.82, 2.24) is 0 Å². The maximum Gasteiger partial charge on any atom is 0.328 e. The summed E-state index contributed by atoms with van der Waals surface area (Å²) < 4.78 is 0. The molecule has 1 atom stereocenters. The van der Waals surface area contributed by atoms with Gasteiger partial charge in [-0.05, 0) is 24.1 Å². The maximum atomic E-state index is 11.1. The average molecular weight is 220 g/mol. The molecule has 0 saturated carbocycles. The number of fused-ring (bicyclic) bond motifs is 1. The molecule has 1 aromatic rings. The van der Waals surface area contributed by atoms with Crippen LogP contribution in [0.4, 0.5) is 5.69 Å². The van der Waals surface area contributed by atoms with E-state index in [0.29, 0.717) is 5.56 Å². The van der Waals surface area contributed by atoms with Crippen LogP contribution in [0.1, 0.15) is 18.1 Å². The number of carbonyl (C=O) groups excluding carboxylic acids is 1. The van der Waals surface area contributed by atoms with Gasteiger partial charge in [0.25, 0.3) is 0 Å². The molecule has 0 saturated heterocycles. The lowest BCUT2D eigenvalue weighted by molar-refractivity contribution is -0.143. The van der Waals surface area contributed by atoms with E-state index in [9.17, 15) is 9.59 Å². The van der Waals surface area contributed by atoms with Gasteiger partial charge in [0.15, 0.2) is 0 Å². The molecule has 1 aromatic carbocycles. The van der Waals surface area contributed by atoms with Crippen molar-refractivity contribution in [3.63, 3.8) is 0 Å². The molecule has 0 spiro atoms. The van der Waals surface area contributed by atoms with E-state index in [2.05, 4.69) is 5.32 Å². The van der Waals surface area contributed by atoms with E-state index in [1.54, 1.807) is 18.2 Å². The second kappa shape index (κ2) is 3.31. The van der Waals surface area contributed by atoms with E-state index in [1.807, 2.05) is 0 Å². The van der Waals surface area contributed by atoms with Gasteiger partial charge < -0.3 is 16.2 Å². The van der Waals surface area contributed by atoms with Crippen molar-refractivity contribution in [2.24, 2.45) is 5.73 Å². The topological polar surface area (TPSA) is 92.4 Å². The Kier molecular flexibility index (Phi) is 2.20. The van der Waals surface area contributed by atoms with E-state index in [1.165, 1.54) is 6.92 Å². The Bertz CT molecular complexity index is 480. The van der Waals surface area contributed by atoms with Crippen molar-refractivity contribution in [2.45, 2.75) is 18.9 Å². The second-order valence-corrected chi connectivity index (χ2v) is 4.10. The number of carbonyl (C=O) groups is 2. The fourth-order valence-electron chi connectivity index (χ4n) is 1.68. The number of benzene rings is 1. The summed E-state index contributed by atoms with van der Waals surface area (Å²) in [6.45, 7) is 1.43. The third kappa shape index (κ3) is 1.55. The number of amides is 1. The normalized spacial score (nSPS) is 17.5. The number of aliphatic carboxylic acids is 1. The van der Waals surface area contributed by atoms with E-state index < -0.39 is 11.5 Å². The van der Waals surface area contributed by atoms with Crippen molar-refractivity contribution in [3.8, 4) is 0 Å². The molecule has 0 bridgehead atoms. The van der Waals surface area contributed by atoms with Gasteiger partial charge in [-0.15, -0.1) is 0 Å². The van der Waals surface area contributed by atoms with Crippen LogP contribution >= 0.6 is 0 Å². The van der Waals surface area contributed by atoms with Gasteiger partial charge in [-0.3, -0.25) is 4.79 Å². The molecule has 1 heterocycles. The van der Waals surface area contributed by atoms with Crippen LogP contribution in [0.15, 0.2) is 18.2 Å². The number of anilines is 1. The zero-order valence-corrected chi connectivity index (χ0v) is 8.78. The second-order valence-electron chi connectivity index (χ2n) is 4.10. The quantitative estimate of drug-likeness (QED) is 0.674. The molecule has 16 heavy (non-hydrogen) atoms. The summed E-state index contributed by atoms with van der Waals surface area (Å²) in [5, 5.41) is 11.7. The van der Waals surface area contributed by atoms with Gasteiger partial charge in [0.1, 0.15) is 5.54 Å². The number of rotatable bonds is 2. The lowest BCUT2D eigenvalue weighted by Crippen LogP contribution is -2.41. The van der Waals surface area contributed by atoms with Crippen LogP contribution in [-0.2, 0) is 21.5 Å². The van der Waals surface area contributed by atoms with Crippen LogP contribution in [0.25, 0.3) is 0 Å². The first-order valence-corrected chi connectivity index (χ1v) is 4.87. The van der Waals surface area contributed by atoms with E-state index in [-0.39, 0.29) is 12.3 Å². The van der Waals surface area contributed by atoms with Crippen molar-refractivity contribution >= 4 is 17.6 Å². The summed E-state index contributed by atoms with van der Waals surface area (Å²) in [4.78, 5) is 22.1. The first-order valence-electron chi connectivity index (χ1n) is 4.87. The highest BCUT2D eigenvalue weighted by atomic mass is 16.4. The van der Waals surface area contributed by atoms with Crippen LogP contribution in [0.2, 0.25) is 0 Å². The van der Waals surface area contributed by atoms with Crippen molar-refractivity contribution in [2.75, 3.05) is 5.32 Å². The summed E-state index contributed by atoms with van der Waals surface area (Å²) in [6, 6.07) is 4.98. The zero-order valence-electron chi connectivity index (χ0n) is 8.78. The summed E-state index contributed by atoms with van der Waals surface area (Å²) in [7, 11) is 0. The van der Waals surface area contributed by atoms with Gasteiger partial charge in [0, 0.05) is 5.69 Å². The number of hydrogen-bond acceptors (Lipinski definition) is 3. The Balaban J connectivity index is 2.43. The first-order chi connectivity index (χ1) is 7.41. The van der Waals surface area contributed by atoms with Gasteiger partial charge in [-0.2, -0.15) is 0 Å². The predicted molar refractivity (Wildman–Crippen MR) is 58.0 cm³/mol. The Morgan fingerprint density at radius 3 is 2.88 bits per heavy atom. The third-order valence-electron chi connectivity index (χ3n) is 2.77. The van der Waals surface area contributed by atoms with Crippen LogP contribution in [0.5, 0.6) is 0 Å². The highest BCUT2D eigenvalue weighted by Crippen LogP contribution is 2.28. The van der Waals surface area contributed by atoms with Gasteiger partial charge in [0.05, 0.1) is 6.42 Å². The van der Waals surface area contributed by atoms with Crippen LogP contribution < -0.4 is 11.1 Å². The average Bonchev–Trinajstić information content (AvgIpc) is 2.56. The molecule has 5 nitrogen and oxygen atoms in total. The lowest BCUT2D eigenvalue weighted by Gasteiger charge is -2.20. The molecule has 5 heteroatoms. The van der Waals surface area contributed by atoms with Gasteiger partial charge in [-0.1, -0.05) is 12.1 Å². The van der Waals surface area contributed by atoms with Crippen LogP contribution in [0, 0.1) is 0 Å². The molecule has 4 N–H and O–H groups in total.